The third kappa shape index (κ3) is 10.7. The number of aromatic nitrogens is 4. The summed E-state index contributed by atoms with van der Waals surface area (Å²) in [4.78, 5) is 23.4. The molecule has 1 saturated heterocycles. The molecule has 53 heavy (non-hydrogen) atoms. The second kappa shape index (κ2) is 18.6. The van der Waals surface area contributed by atoms with Crippen LogP contribution >= 0.6 is 11.8 Å². The lowest BCUT2D eigenvalue weighted by molar-refractivity contribution is -0.245. The Morgan fingerprint density at radius 3 is 2.40 bits per heavy atom. The standard InChI is InChI=1S/C40H44N6O6S/c1-27(48)41-21-4-2-3-8-38(50)42-24-29-6-5-7-33(22-29)30-13-15-32(16-14-30)39-51-36(23-37(52-39)31-11-9-28(25-47)10-12-31)26-53-40-43-44-45-46(40)34-17-19-35(49)20-18-34/h5-7,9-20,22,36-37,39,47,49H,2-4,8,21,23-26H2,1H3,(H,41,48)(H,42,50)/t36-,37+,39+/m0/s1. The van der Waals surface area contributed by atoms with Gasteiger partial charge in [-0.25, -0.2) is 0 Å². The molecule has 4 aromatic carbocycles. The fourth-order valence-corrected chi connectivity index (χ4v) is 6.96. The number of phenolic OH excluding ortho intramolecular Hbond substituents is 1. The number of nitrogens with zero attached hydrogens (tertiary/aromatic N) is 4. The zero-order chi connectivity index (χ0) is 37.0. The zero-order valence-corrected chi connectivity index (χ0v) is 30.4. The number of nitrogens with one attached hydrogen (secondary N) is 2. The summed E-state index contributed by atoms with van der Waals surface area (Å²) >= 11 is 1.49. The lowest BCUT2D eigenvalue weighted by atomic mass is 9.99. The van der Waals surface area contributed by atoms with Crippen molar-refractivity contribution in [2.24, 2.45) is 0 Å². The highest BCUT2D eigenvalue weighted by atomic mass is 32.2. The quantitative estimate of drug-likeness (QED) is 0.0681. The van der Waals surface area contributed by atoms with Crippen LogP contribution in [-0.4, -0.2) is 60.6 Å². The summed E-state index contributed by atoms with van der Waals surface area (Å²) in [7, 11) is 0. The molecule has 1 aliphatic rings. The molecule has 12 nitrogen and oxygen atoms in total. The van der Waals surface area contributed by atoms with E-state index in [0.29, 0.717) is 36.8 Å². The number of unbranched alkanes of at least 4 members (excludes halogenated alkanes) is 2. The zero-order valence-electron chi connectivity index (χ0n) is 29.6. The molecular formula is C40H44N6O6S. The maximum Gasteiger partial charge on any atom is 0.220 e. The number of carbonyl (C=O) groups excluding carboxylic acids is 2. The molecule has 0 spiro atoms. The number of ether oxygens (including phenoxy) is 2. The number of aromatic hydroxyl groups is 1. The molecule has 0 unspecified atom stereocenters. The van der Waals surface area contributed by atoms with Crippen LogP contribution in [0.1, 0.15) is 73.7 Å². The molecule has 1 fully saturated rings. The number of rotatable bonds is 16. The fraction of sp³-hybridized carbons (Fsp3) is 0.325. The highest BCUT2D eigenvalue weighted by molar-refractivity contribution is 7.99. The van der Waals surface area contributed by atoms with Crippen LogP contribution in [0.25, 0.3) is 16.8 Å². The molecule has 2 amide bonds. The summed E-state index contributed by atoms with van der Waals surface area (Å²) in [5.74, 6) is 0.721. The first-order chi connectivity index (χ1) is 25.8. The van der Waals surface area contributed by atoms with Gasteiger partial charge in [0.05, 0.1) is 24.5 Å². The van der Waals surface area contributed by atoms with Gasteiger partial charge in [-0.2, -0.15) is 4.68 Å². The van der Waals surface area contributed by atoms with E-state index in [0.717, 1.165) is 58.3 Å². The van der Waals surface area contributed by atoms with Crippen molar-refractivity contribution in [1.29, 1.82) is 0 Å². The number of phenols is 1. The van der Waals surface area contributed by atoms with Gasteiger partial charge in [-0.15, -0.1) is 5.10 Å². The van der Waals surface area contributed by atoms with E-state index >= 15 is 0 Å². The molecule has 1 aromatic heterocycles. The maximum absolute atomic E-state index is 12.4. The van der Waals surface area contributed by atoms with Gasteiger partial charge < -0.3 is 30.3 Å². The Hall–Kier alpha value is -5.08. The minimum Gasteiger partial charge on any atom is -0.508 e. The Morgan fingerprint density at radius 1 is 0.868 bits per heavy atom. The number of carbonyl (C=O) groups is 2. The molecule has 4 N–H and O–H groups in total. The summed E-state index contributed by atoms with van der Waals surface area (Å²) < 4.78 is 14.7. The number of aliphatic hydroxyl groups excluding tert-OH is 1. The van der Waals surface area contributed by atoms with E-state index in [2.05, 4.69) is 44.4 Å². The number of aliphatic hydroxyl groups is 1. The van der Waals surface area contributed by atoms with Crippen molar-refractivity contribution in [1.82, 2.24) is 30.8 Å². The first kappa shape index (κ1) is 37.7. The van der Waals surface area contributed by atoms with Crippen molar-refractivity contribution in [2.75, 3.05) is 12.3 Å². The van der Waals surface area contributed by atoms with Crippen LogP contribution in [0.2, 0.25) is 0 Å². The highest BCUT2D eigenvalue weighted by Crippen LogP contribution is 2.40. The van der Waals surface area contributed by atoms with Gasteiger partial charge in [0.2, 0.25) is 17.0 Å². The molecular weight excluding hydrogens is 693 g/mol. The van der Waals surface area contributed by atoms with E-state index in [1.165, 1.54) is 18.7 Å². The van der Waals surface area contributed by atoms with E-state index in [1.54, 1.807) is 28.9 Å². The van der Waals surface area contributed by atoms with E-state index in [-0.39, 0.29) is 36.4 Å². The second-order valence-corrected chi connectivity index (χ2v) is 13.9. The predicted molar refractivity (Wildman–Crippen MR) is 201 cm³/mol. The smallest absolute Gasteiger partial charge is 0.220 e. The fourth-order valence-electron chi connectivity index (χ4n) is 6.05. The Morgan fingerprint density at radius 2 is 1.64 bits per heavy atom. The van der Waals surface area contributed by atoms with Crippen LogP contribution in [0.4, 0.5) is 0 Å². The van der Waals surface area contributed by atoms with E-state index in [9.17, 15) is 19.8 Å². The number of benzene rings is 4. The first-order valence-corrected chi connectivity index (χ1v) is 18.7. The number of thioether (sulfide) groups is 1. The third-order valence-electron chi connectivity index (χ3n) is 8.94. The van der Waals surface area contributed by atoms with Crippen LogP contribution in [-0.2, 0) is 32.2 Å². The minimum absolute atomic E-state index is 0.0158. The van der Waals surface area contributed by atoms with E-state index < -0.39 is 6.29 Å². The van der Waals surface area contributed by atoms with Gasteiger partial charge in [0.15, 0.2) is 6.29 Å². The van der Waals surface area contributed by atoms with Crippen molar-refractivity contribution in [3.8, 4) is 22.6 Å². The molecule has 1 aliphatic heterocycles. The van der Waals surface area contributed by atoms with Crippen molar-refractivity contribution < 1.29 is 29.3 Å². The SMILES string of the molecule is CC(=O)NCCCCCC(=O)NCc1cccc(-c2ccc([C@@H]3O[C@H](CSc4nnnn4-c4ccc(O)cc4)C[C@H](c4ccc(CO)cc4)O3)cc2)c1. The van der Waals surface area contributed by atoms with Crippen molar-refractivity contribution in [3.63, 3.8) is 0 Å². The number of amides is 2. The van der Waals surface area contributed by atoms with Gasteiger partial charge >= 0.3 is 0 Å². The number of hydrogen-bond acceptors (Lipinski definition) is 10. The minimum atomic E-state index is -0.619. The van der Waals surface area contributed by atoms with Gasteiger partial charge in [-0.3, -0.25) is 9.59 Å². The van der Waals surface area contributed by atoms with Gasteiger partial charge in [0, 0.05) is 44.2 Å². The summed E-state index contributed by atoms with van der Waals surface area (Å²) in [6.07, 6.45) is 2.55. The van der Waals surface area contributed by atoms with Gasteiger partial charge in [-0.1, -0.05) is 84.9 Å². The van der Waals surface area contributed by atoms with Crippen molar-refractivity contribution in [3.05, 3.63) is 119 Å². The van der Waals surface area contributed by atoms with Crippen molar-refractivity contribution in [2.45, 2.75) is 75.8 Å². The van der Waals surface area contributed by atoms with Crippen molar-refractivity contribution >= 4 is 23.6 Å². The van der Waals surface area contributed by atoms with Gasteiger partial charge in [0.1, 0.15) is 5.75 Å². The Labute approximate surface area is 312 Å². The lowest BCUT2D eigenvalue weighted by Gasteiger charge is -2.36. The Kier molecular flexibility index (Phi) is 13.2. The van der Waals surface area contributed by atoms with E-state index in [1.807, 2.05) is 54.6 Å². The average molecular weight is 737 g/mol. The molecule has 2 heterocycles. The molecule has 5 aromatic rings. The Balaban J connectivity index is 1.09. The predicted octanol–water partition coefficient (Wildman–Crippen LogP) is 6.18. The number of tetrazole rings is 1. The largest absolute Gasteiger partial charge is 0.508 e. The van der Waals surface area contributed by atoms with E-state index in [4.69, 9.17) is 9.47 Å². The Bertz CT molecular complexity index is 1940. The van der Waals surface area contributed by atoms with Crippen LogP contribution < -0.4 is 10.6 Å². The number of hydrogen-bond donors (Lipinski definition) is 4. The van der Waals surface area contributed by atoms with Crippen LogP contribution in [0.5, 0.6) is 5.75 Å². The molecule has 276 valence electrons. The normalized spacial score (nSPS) is 17.0. The lowest BCUT2D eigenvalue weighted by Crippen LogP contribution is -2.31. The summed E-state index contributed by atoms with van der Waals surface area (Å²) in [6, 6.07) is 30.8. The average Bonchev–Trinajstić information content (AvgIpc) is 3.66. The monoisotopic (exact) mass is 736 g/mol. The molecule has 0 radical (unpaired) electrons. The van der Waals surface area contributed by atoms with Crippen LogP contribution in [0, 0.1) is 0 Å². The summed E-state index contributed by atoms with van der Waals surface area (Å²) in [5.41, 5.74) is 6.53. The summed E-state index contributed by atoms with van der Waals surface area (Å²) in [5, 5.41) is 37.9. The first-order valence-electron chi connectivity index (χ1n) is 17.8. The maximum atomic E-state index is 12.4. The van der Waals surface area contributed by atoms with Gasteiger partial charge in [0.25, 0.3) is 0 Å². The highest BCUT2D eigenvalue weighted by Gasteiger charge is 2.32. The van der Waals surface area contributed by atoms with Crippen LogP contribution in [0.3, 0.4) is 0 Å². The van der Waals surface area contributed by atoms with Gasteiger partial charge in [-0.05, 0) is 81.4 Å². The molecule has 0 bridgehead atoms. The molecule has 0 saturated carbocycles. The second-order valence-electron chi connectivity index (χ2n) is 12.9. The third-order valence-corrected chi connectivity index (χ3v) is 9.99. The molecule has 3 atom stereocenters. The molecule has 13 heteroatoms. The topological polar surface area (TPSA) is 161 Å². The van der Waals surface area contributed by atoms with Crippen LogP contribution in [0.15, 0.2) is 102 Å². The molecule has 6 rings (SSSR count). The molecule has 0 aliphatic carbocycles. The summed E-state index contributed by atoms with van der Waals surface area (Å²) in [6.45, 7) is 2.56.